The van der Waals surface area contributed by atoms with E-state index >= 15 is 0 Å². The van der Waals surface area contributed by atoms with Gasteiger partial charge in [0.05, 0.1) is 13.2 Å². The first-order valence-electron chi connectivity index (χ1n) is 9.98. The van der Waals surface area contributed by atoms with E-state index in [1.165, 1.54) is 24.8 Å². The van der Waals surface area contributed by atoms with Gasteiger partial charge in [-0.25, -0.2) is 0 Å². The Labute approximate surface area is 157 Å². The summed E-state index contributed by atoms with van der Waals surface area (Å²) in [6.07, 6.45) is 5.48. The number of rotatable bonds is 8. The van der Waals surface area contributed by atoms with E-state index in [1.54, 1.807) is 0 Å². The van der Waals surface area contributed by atoms with Crippen molar-refractivity contribution in [2.45, 2.75) is 44.4 Å². The minimum Gasteiger partial charge on any atom is -0.396 e. The van der Waals surface area contributed by atoms with Crippen LogP contribution in [-0.4, -0.2) is 50.5 Å². The molecular weight excluding hydrogens is 326 g/mol. The van der Waals surface area contributed by atoms with Gasteiger partial charge in [-0.2, -0.15) is 0 Å². The van der Waals surface area contributed by atoms with Crippen LogP contribution in [-0.2, 0) is 10.2 Å². The molecule has 5 heteroatoms. The van der Waals surface area contributed by atoms with E-state index in [4.69, 9.17) is 9.73 Å². The minimum atomic E-state index is -0.00924. The highest BCUT2D eigenvalue weighted by Gasteiger charge is 2.39. The molecule has 1 aliphatic carbocycles. The monoisotopic (exact) mass is 359 g/mol. The highest BCUT2D eigenvalue weighted by Crippen LogP contribution is 2.43. The molecule has 0 bridgehead atoms. The largest absolute Gasteiger partial charge is 0.396 e. The number of benzene rings is 1. The molecule has 5 nitrogen and oxygen atoms in total. The third-order valence-electron chi connectivity index (χ3n) is 6.03. The molecule has 3 rings (SSSR count). The first-order valence-corrected chi connectivity index (χ1v) is 9.98. The number of hydrogen-bond acceptors (Lipinski definition) is 3. The van der Waals surface area contributed by atoms with Crippen LogP contribution in [0, 0.1) is 5.41 Å². The Morgan fingerprint density at radius 2 is 2.00 bits per heavy atom. The molecule has 0 amide bonds. The van der Waals surface area contributed by atoms with Crippen LogP contribution in [0.15, 0.2) is 35.3 Å². The van der Waals surface area contributed by atoms with Crippen LogP contribution in [0.25, 0.3) is 0 Å². The topological polar surface area (TPSA) is 65.9 Å². The average Bonchev–Trinajstić information content (AvgIpc) is 3.09. The zero-order valence-electron chi connectivity index (χ0n) is 16.0. The molecule has 26 heavy (non-hydrogen) atoms. The molecule has 1 aliphatic heterocycles. The van der Waals surface area contributed by atoms with Crippen LogP contribution in [0.2, 0.25) is 0 Å². The predicted octanol–water partition coefficient (Wildman–Crippen LogP) is 2.45. The van der Waals surface area contributed by atoms with Gasteiger partial charge in [-0.15, -0.1) is 0 Å². The van der Waals surface area contributed by atoms with E-state index in [-0.39, 0.29) is 17.4 Å². The molecule has 144 valence electrons. The van der Waals surface area contributed by atoms with Crippen LogP contribution < -0.4 is 10.6 Å². The van der Waals surface area contributed by atoms with Gasteiger partial charge in [-0.1, -0.05) is 36.8 Å². The van der Waals surface area contributed by atoms with Gasteiger partial charge in [0.15, 0.2) is 5.96 Å². The standard InChI is InChI=1S/C21H33N3O2/c1-2-22-19(23-15-20(11-13-25)12-14-26-17-20)24-16-21(9-6-10-21)18-7-4-3-5-8-18/h3-5,7-8,25H,2,6,9-17H2,1H3,(H2,22,23,24). The maximum absolute atomic E-state index is 9.40. The van der Waals surface area contributed by atoms with Gasteiger partial charge in [-0.3, -0.25) is 4.99 Å². The summed E-state index contributed by atoms with van der Waals surface area (Å²) in [7, 11) is 0. The third-order valence-corrected chi connectivity index (χ3v) is 6.03. The first kappa shape index (κ1) is 19.2. The highest BCUT2D eigenvalue weighted by atomic mass is 16.5. The fraction of sp³-hybridized carbons (Fsp3) is 0.667. The molecule has 2 aliphatic rings. The molecule has 2 fully saturated rings. The number of aliphatic hydroxyl groups excluding tert-OH is 1. The van der Waals surface area contributed by atoms with E-state index in [9.17, 15) is 5.11 Å². The Balaban J connectivity index is 1.64. The maximum atomic E-state index is 9.40. The Bertz CT molecular complexity index is 578. The molecule has 1 aromatic carbocycles. The number of nitrogens with one attached hydrogen (secondary N) is 2. The SMILES string of the molecule is CCNC(=NCC1(CCO)CCOC1)NCC1(c2ccccc2)CCC1. The lowest BCUT2D eigenvalue weighted by molar-refractivity contribution is 0.131. The van der Waals surface area contributed by atoms with Crippen molar-refractivity contribution in [2.24, 2.45) is 10.4 Å². The number of guanidine groups is 1. The summed E-state index contributed by atoms with van der Waals surface area (Å²) < 4.78 is 5.58. The summed E-state index contributed by atoms with van der Waals surface area (Å²) in [5, 5.41) is 16.4. The van der Waals surface area contributed by atoms with Crippen LogP contribution in [0.3, 0.4) is 0 Å². The Morgan fingerprint density at radius 1 is 1.19 bits per heavy atom. The van der Waals surface area contributed by atoms with Gasteiger partial charge in [0.2, 0.25) is 0 Å². The van der Waals surface area contributed by atoms with Gasteiger partial charge in [0.25, 0.3) is 0 Å². The number of hydrogen-bond donors (Lipinski definition) is 3. The fourth-order valence-electron chi connectivity index (χ4n) is 4.09. The second-order valence-electron chi connectivity index (χ2n) is 7.82. The lowest BCUT2D eigenvalue weighted by Gasteiger charge is -2.43. The number of aliphatic hydroxyl groups is 1. The van der Waals surface area contributed by atoms with Crippen molar-refractivity contribution in [1.82, 2.24) is 10.6 Å². The van der Waals surface area contributed by atoms with E-state index in [1.807, 2.05) is 0 Å². The third kappa shape index (κ3) is 4.38. The van der Waals surface area contributed by atoms with Gasteiger partial charge < -0.3 is 20.5 Å². The molecule has 1 saturated heterocycles. The van der Waals surface area contributed by atoms with E-state index < -0.39 is 0 Å². The zero-order valence-corrected chi connectivity index (χ0v) is 16.0. The minimum absolute atomic E-state index is 0.00924. The Morgan fingerprint density at radius 3 is 2.58 bits per heavy atom. The van der Waals surface area contributed by atoms with E-state index in [0.717, 1.165) is 38.5 Å². The molecule has 0 aromatic heterocycles. The Kier molecular flexibility index (Phi) is 6.54. The fourth-order valence-corrected chi connectivity index (χ4v) is 4.09. The molecule has 3 N–H and O–H groups in total. The smallest absolute Gasteiger partial charge is 0.191 e. The summed E-state index contributed by atoms with van der Waals surface area (Å²) in [4.78, 5) is 4.84. The lowest BCUT2D eigenvalue weighted by Crippen LogP contribution is -2.49. The van der Waals surface area contributed by atoms with Crippen LogP contribution >= 0.6 is 0 Å². The second kappa shape index (κ2) is 8.87. The quantitative estimate of drug-likeness (QED) is 0.493. The van der Waals surface area contributed by atoms with Crippen molar-refractivity contribution in [3.05, 3.63) is 35.9 Å². The van der Waals surface area contributed by atoms with Crippen LogP contribution in [0.4, 0.5) is 0 Å². The van der Waals surface area contributed by atoms with Crippen molar-refractivity contribution in [1.29, 1.82) is 0 Å². The number of nitrogens with zero attached hydrogens (tertiary/aromatic N) is 1. The molecule has 1 atom stereocenters. The van der Waals surface area contributed by atoms with Crippen molar-refractivity contribution in [3.63, 3.8) is 0 Å². The summed E-state index contributed by atoms with van der Waals surface area (Å²) in [5.41, 5.74) is 1.65. The molecule has 1 heterocycles. The van der Waals surface area contributed by atoms with Crippen molar-refractivity contribution < 1.29 is 9.84 Å². The van der Waals surface area contributed by atoms with Crippen LogP contribution in [0.5, 0.6) is 0 Å². The zero-order chi connectivity index (χ0) is 18.3. The lowest BCUT2D eigenvalue weighted by atomic mass is 9.64. The summed E-state index contributed by atoms with van der Waals surface area (Å²) >= 11 is 0. The van der Waals surface area contributed by atoms with Crippen molar-refractivity contribution >= 4 is 5.96 Å². The van der Waals surface area contributed by atoms with E-state index in [0.29, 0.717) is 13.2 Å². The molecule has 1 aromatic rings. The number of ether oxygens (including phenoxy) is 1. The first-order chi connectivity index (χ1) is 12.7. The number of aliphatic imine (C=N–C) groups is 1. The molecule has 0 radical (unpaired) electrons. The van der Waals surface area contributed by atoms with Crippen molar-refractivity contribution in [3.8, 4) is 0 Å². The predicted molar refractivity (Wildman–Crippen MR) is 106 cm³/mol. The summed E-state index contributed by atoms with van der Waals surface area (Å²) in [5.74, 6) is 0.874. The average molecular weight is 360 g/mol. The molecular formula is C21H33N3O2. The maximum Gasteiger partial charge on any atom is 0.191 e. The summed E-state index contributed by atoms with van der Waals surface area (Å²) in [6.45, 7) is 6.21. The second-order valence-corrected chi connectivity index (χ2v) is 7.82. The Hall–Kier alpha value is -1.59. The summed E-state index contributed by atoms with van der Waals surface area (Å²) in [6, 6.07) is 10.8. The van der Waals surface area contributed by atoms with Gasteiger partial charge in [0, 0.05) is 37.1 Å². The van der Waals surface area contributed by atoms with Gasteiger partial charge >= 0.3 is 0 Å². The normalized spacial score (nSPS) is 24.9. The highest BCUT2D eigenvalue weighted by molar-refractivity contribution is 5.80. The van der Waals surface area contributed by atoms with E-state index in [2.05, 4.69) is 47.9 Å². The molecule has 0 spiro atoms. The van der Waals surface area contributed by atoms with Gasteiger partial charge in [0.1, 0.15) is 0 Å². The van der Waals surface area contributed by atoms with Crippen LogP contribution in [0.1, 0.15) is 44.6 Å². The molecule has 1 unspecified atom stereocenters. The van der Waals surface area contributed by atoms with Crippen molar-refractivity contribution in [2.75, 3.05) is 39.5 Å². The molecule has 1 saturated carbocycles. The van der Waals surface area contributed by atoms with Gasteiger partial charge in [-0.05, 0) is 38.2 Å².